The van der Waals surface area contributed by atoms with E-state index in [1.54, 1.807) is 18.6 Å². The summed E-state index contributed by atoms with van der Waals surface area (Å²) in [7, 11) is 0. The maximum Gasteiger partial charge on any atom is 0.254 e. The fourth-order valence-electron chi connectivity index (χ4n) is 2.81. The first-order valence-electron chi connectivity index (χ1n) is 7.86. The SMILES string of the molecule is O=C(c1ccc2ncccc2c1)N(Cc1ccncc1)C1CC1. The molecule has 1 aromatic carbocycles. The Morgan fingerprint density at radius 3 is 2.70 bits per heavy atom. The monoisotopic (exact) mass is 303 g/mol. The molecule has 4 rings (SSSR count). The molecule has 1 aliphatic rings. The van der Waals surface area contributed by atoms with Gasteiger partial charge in [0.1, 0.15) is 0 Å². The van der Waals surface area contributed by atoms with Gasteiger partial charge in [0.15, 0.2) is 0 Å². The highest BCUT2D eigenvalue weighted by atomic mass is 16.2. The Balaban J connectivity index is 1.63. The molecule has 4 nitrogen and oxygen atoms in total. The van der Waals surface area contributed by atoms with Crippen LogP contribution in [0.3, 0.4) is 0 Å². The summed E-state index contributed by atoms with van der Waals surface area (Å²) in [4.78, 5) is 23.3. The first kappa shape index (κ1) is 13.9. The third-order valence-corrected chi connectivity index (χ3v) is 4.20. The lowest BCUT2D eigenvalue weighted by atomic mass is 10.1. The molecule has 0 aliphatic heterocycles. The van der Waals surface area contributed by atoms with Gasteiger partial charge in [0.25, 0.3) is 5.91 Å². The van der Waals surface area contributed by atoms with Crippen molar-refractivity contribution >= 4 is 16.8 Å². The van der Waals surface area contributed by atoms with Crippen LogP contribution in [-0.2, 0) is 6.54 Å². The zero-order chi connectivity index (χ0) is 15.6. The van der Waals surface area contributed by atoms with E-state index in [9.17, 15) is 4.79 Å². The summed E-state index contributed by atoms with van der Waals surface area (Å²) in [5, 5.41) is 0.998. The Bertz CT molecular complexity index is 843. The molecule has 4 heteroatoms. The van der Waals surface area contributed by atoms with Crippen LogP contribution in [0.4, 0.5) is 0 Å². The van der Waals surface area contributed by atoms with Crippen molar-refractivity contribution < 1.29 is 4.79 Å². The third kappa shape index (κ3) is 2.93. The van der Waals surface area contributed by atoms with Crippen molar-refractivity contribution in [2.75, 3.05) is 0 Å². The predicted octanol–water partition coefficient (Wildman–Crippen LogP) is 3.43. The number of hydrogen-bond donors (Lipinski definition) is 0. The van der Waals surface area contributed by atoms with Crippen molar-refractivity contribution in [1.82, 2.24) is 14.9 Å². The van der Waals surface area contributed by atoms with E-state index in [0.29, 0.717) is 12.6 Å². The Kier molecular flexibility index (Phi) is 3.50. The zero-order valence-corrected chi connectivity index (χ0v) is 12.7. The number of amides is 1. The van der Waals surface area contributed by atoms with Gasteiger partial charge in [-0.2, -0.15) is 0 Å². The predicted molar refractivity (Wildman–Crippen MR) is 88.9 cm³/mol. The van der Waals surface area contributed by atoms with Crippen molar-refractivity contribution in [3.05, 3.63) is 72.2 Å². The Morgan fingerprint density at radius 2 is 1.91 bits per heavy atom. The van der Waals surface area contributed by atoms with E-state index in [0.717, 1.165) is 34.9 Å². The Hall–Kier alpha value is -2.75. The third-order valence-electron chi connectivity index (χ3n) is 4.20. The lowest BCUT2D eigenvalue weighted by molar-refractivity contribution is 0.0730. The normalized spacial score (nSPS) is 13.9. The van der Waals surface area contributed by atoms with Crippen LogP contribution in [0.2, 0.25) is 0 Å². The van der Waals surface area contributed by atoms with E-state index in [1.165, 1.54) is 0 Å². The molecule has 1 aliphatic carbocycles. The van der Waals surface area contributed by atoms with Crippen LogP contribution in [0.1, 0.15) is 28.8 Å². The summed E-state index contributed by atoms with van der Waals surface area (Å²) < 4.78 is 0. The quantitative estimate of drug-likeness (QED) is 0.742. The minimum Gasteiger partial charge on any atom is -0.331 e. The van der Waals surface area contributed by atoms with Gasteiger partial charge in [-0.05, 0) is 54.8 Å². The van der Waals surface area contributed by atoms with E-state index in [4.69, 9.17) is 0 Å². The summed E-state index contributed by atoms with van der Waals surface area (Å²) in [6.45, 7) is 0.636. The van der Waals surface area contributed by atoms with E-state index in [1.807, 2.05) is 47.4 Å². The summed E-state index contributed by atoms with van der Waals surface area (Å²) >= 11 is 0. The van der Waals surface area contributed by atoms with Gasteiger partial charge in [0.05, 0.1) is 5.52 Å². The Morgan fingerprint density at radius 1 is 1.09 bits per heavy atom. The molecule has 23 heavy (non-hydrogen) atoms. The highest BCUT2D eigenvalue weighted by Crippen LogP contribution is 2.30. The summed E-state index contributed by atoms with van der Waals surface area (Å²) in [6.07, 6.45) is 7.49. The Labute approximate surface area is 134 Å². The highest BCUT2D eigenvalue weighted by Gasteiger charge is 2.33. The molecule has 0 bridgehead atoms. The number of nitrogens with zero attached hydrogens (tertiary/aromatic N) is 3. The second kappa shape index (κ2) is 5.80. The molecule has 2 aromatic heterocycles. The minimum atomic E-state index is 0.0927. The fourth-order valence-corrected chi connectivity index (χ4v) is 2.81. The maximum absolute atomic E-state index is 13.0. The summed E-state index contributed by atoms with van der Waals surface area (Å²) in [5.74, 6) is 0.0927. The van der Waals surface area contributed by atoms with Crippen LogP contribution in [0.5, 0.6) is 0 Å². The van der Waals surface area contributed by atoms with Gasteiger partial charge >= 0.3 is 0 Å². The highest BCUT2D eigenvalue weighted by molar-refractivity contribution is 5.98. The van der Waals surface area contributed by atoms with Crippen LogP contribution in [0.25, 0.3) is 10.9 Å². The topological polar surface area (TPSA) is 46.1 Å². The lowest BCUT2D eigenvalue weighted by Crippen LogP contribution is -2.32. The first-order valence-corrected chi connectivity index (χ1v) is 7.86. The molecule has 1 saturated carbocycles. The number of carbonyl (C=O) groups excluding carboxylic acids is 1. The summed E-state index contributed by atoms with van der Waals surface area (Å²) in [5.41, 5.74) is 2.75. The van der Waals surface area contributed by atoms with E-state index < -0.39 is 0 Å². The molecule has 0 atom stereocenters. The molecule has 0 saturated heterocycles. The van der Waals surface area contributed by atoms with Crippen molar-refractivity contribution in [2.45, 2.75) is 25.4 Å². The van der Waals surface area contributed by atoms with Gasteiger partial charge < -0.3 is 4.90 Å². The molecule has 1 amide bonds. The van der Waals surface area contributed by atoms with Crippen molar-refractivity contribution in [1.29, 1.82) is 0 Å². The van der Waals surface area contributed by atoms with E-state index in [2.05, 4.69) is 9.97 Å². The molecule has 114 valence electrons. The fraction of sp³-hybridized carbons (Fsp3) is 0.211. The molecule has 2 heterocycles. The van der Waals surface area contributed by atoms with Gasteiger partial charge in [-0.15, -0.1) is 0 Å². The number of rotatable bonds is 4. The molecule has 0 spiro atoms. The second-order valence-corrected chi connectivity index (χ2v) is 5.93. The smallest absolute Gasteiger partial charge is 0.254 e. The first-order chi connectivity index (χ1) is 11.3. The van der Waals surface area contributed by atoms with Crippen LogP contribution >= 0.6 is 0 Å². The maximum atomic E-state index is 13.0. The molecule has 1 fully saturated rings. The molecular weight excluding hydrogens is 286 g/mol. The average molecular weight is 303 g/mol. The van der Waals surface area contributed by atoms with Crippen LogP contribution in [-0.4, -0.2) is 26.8 Å². The van der Waals surface area contributed by atoms with Crippen molar-refractivity contribution in [3.8, 4) is 0 Å². The zero-order valence-electron chi connectivity index (χ0n) is 12.7. The number of hydrogen-bond acceptors (Lipinski definition) is 3. The molecule has 0 radical (unpaired) electrons. The number of benzene rings is 1. The lowest BCUT2D eigenvalue weighted by Gasteiger charge is -2.22. The van der Waals surface area contributed by atoms with Gasteiger partial charge in [0, 0.05) is 42.1 Å². The van der Waals surface area contributed by atoms with Gasteiger partial charge in [-0.25, -0.2) is 0 Å². The van der Waals surface area contributed by atoms with Crippen molar-refractivity contribution in [2.24, 2.45) is 0 Å². The average Bonchev–Trinajstić information content (AvgIpc) is 3.44. The van der Waals surface area contributed by atoms with Crippen LogP contribution in [0, 0.1) is 0 Å². The molecule has 0 unspecified atom stereocenters. The van der Waals surface area contributed by atoms with Gasteiger partial charge in [-0.3, -0.25) is 14.8 Å². The molecule has 0 N–H and O–H groups in total. The van der Waals surface area contributed by atoms with Crippen LogP contribution < -0.4 is 0 Å². The largest absolute Gasteiger partial charge is 0.331 e. The number of aromatic nitrogens is 2. The number of carbonyl (C=O) groups is 1. The molecular formula is C19H17N3O. The van der Waals surface area contributed by atoms with E-state index >= 15 is 0 Å². The van der Waals surface area contributed by atoms with E-state index in [-0.39, 0.29) is 5.91 Å². The standard InChI is InChI=1S/C19H17N3O/c23-19(16-3-6-18-15(12-16)2-1-9-21-18)22(17-4-5-17)13-14-7-10-20-11-8-14/h1-3,6-12,17H,4-5,13H2. The minimum absolute atomic E-state index is 0.0927. The van der Waals surface area contributed by atoms with Crippen LogP contribution in [0.15, 0.2) is 61.1 Å². The molecule has 3 aromatic rings. The summed E-state index contributed by atoms with van der Waals surface area (Å²) in [6, 6.07) is 13.9. The van der Waals surface area contributed by atoms with Gasteiger partial charge in [-0.1, -0.05) is 6.07 Å². The number of fused-ring (bicyclic) bond motifs is 1. The second-order valence-electron chi connectivity index (χ2n) is 5.93. The van der Waals surface area contributed by atoms with Gasteiger partial charge in [0.2, 0.25) is 0 Å². The number of pyridine rings is 2. The van der Waals surface area contributed by atoms with Crippen molar-refractivity contribution in [3.63, 3.8) is 0 Å².